The molecule has 0 fully saturated rings. The van der Waals surface area contributed by atoms with Crippen LogP contribution in [0.2, 0.25) is 0 Å². The summed E-state index contributed by atoms with van der Waals surface area (Å²) in [5.41, 5.74) is 2.63. The smallest absolute Gasteiger partial charge is 0.337 e. The molecule has 2 amide bonds. The third-order valence-corrected chi connectivity index (χ3v) is 4.79. The highest BCUT2D eigenvalue weighted by Crippen LogP contribution is 2.14. The largest absolute Gasteiger partial charge is 0.465 e. The molecule has 3 aromatic rings. The Balaban J connectivity index is 1.63. The monoisotopic (exact) mass is 416 g/mol. The third kappa shape index (κ3) is 6.02. The van der Waals surface area contributed by atoms with Gasteiger partial charge in [-0.25, -0.2) is 4.79 Å². The van der Waals surface area contributed by atoms with Gasteiger partial charge in [0.05, 0.1) is 12.7 Å². The highest BCUT2D eigenvalue weighted by molar-refractivity contribution is 5.97. The van der Waals surface area contributed by atoms with E-state index < -0.39 is 6.04 Å². The van der Waals surface area contributed by atoms with Crippen LogP contribution in [0.4, 0.5) is 0 Å². The number of hydrogen-bond donors (Lipinski definition) is 2. The van der Waals surface area contributed by atoms with Crippen LogP contribution in [0.1, 0.15) is 37.9 Å². The van der Waals surface area contributed by atoms with Crippen LogP contribution < -0.4 is 10.6 Å². The molecule has 1 unspecified atom stereocenters. The van der Waals surface area contributed by atoms with Gasteiger partial charge in [-0.3, -0.25) is 9.59 Å². The molecule has 0 heterocycles. The molecule has 2 N–H and O–H groups in total. The number of amides is 2. The van der Waals surface area contributed by atoms with Crippen LogP contribution in [-0.4, -0.2) is 31.4 Å². The van der Waals surface area contributed by atoms with Crippen LogP contribution in [0.15, 0.2) is 84.9 Å². The molecule has 0 aliphatic carbocycles. The molecular weight excluding hydrogens is 392 g/mol. The molecule has 3 rings (SSSR count). The Kier molecular flexibility index (Phi) is 7.54. The van der Waals surface area contributed by atoms with Crippen molar-refractivity contribution in [2.75, 3.05) is 13.7 Å². The van der Waals surface area contributed by atoms with Crippen molar-refractivity contribution in [2.45, 2.75) is 12.5 Å². The van der Waals surface area contributed by atoms with Gasteiger partial charge >= 0.3 is 5.97 Å². The van der Waals surface area contributed by atoms with Gasteiger partial charge in [-0.15, -0.1) is 0 Å². The van der Waals surface area contributed by atoms with E-state index in [1.165, 1.54) is 7.11 Å². The van der Waals surface area contributed by atoms with E-state index in [1.807, 2.05) is 36.4 Å². The van der Waals surface area contributed by atoms with E-state index in [0.717, 1.165) is 5.56 Å². The zero-order valence-corrected chi connectivity index (χ0v) is 17.2. The van der Waals surface area contributed by atoms with Gasteiger partial charge in [-0.1, -0.05) is 60.7 Å². The average molecular weight is 416 g/mol. The third-order valence-electron chi connectivity index (χ3n) is 4.79. The minimum absolute atomic E-state index is 0.290. The molecule has 0 spiro atoms. The first-order chi connectivity index (χ1) is 15.1. The van der Waals surface area contributed by atoms with Crippen LogP contribution >= 0.6 is 0 Å². The highest BCUT2D eigenvalue weighted by Gasteiger charge is 2.23. The minimum atomic E-state index is -0.810. The second-order valence-corrected chi connectivity index (χ2v) is 6.91. The van der Waals surface area contributed by atoms with Crippen molar-refractivity contribution < 1.29 is 19.1 Å². The Morgan fingerprint density at radius 1 is 0.806 bits per heavy atom. The number of esters is 1. The number of carbonyl (C=O) groups is 3. The number of carbonyl (C=O) groups excluding carboxylic acids is 3. The lowest BCUT2D eigenvalue weighted by Crippen LogP contribution is -2.41. The van der Waals surface area contributed by atoms with Crippen molar-refractivity contribution in [3.63, 3.8) is 0 Å². The molecule has 0 saturated heterocycles. The Hall–Kier alpha value is -3.93. The molecule has 0 radical (unpaired) electrons. The van der Waals surface area contributed by atoms with Gasteiger partial charge in [0.1, 0.15) is 6.04 Å². The molecule has 31 heavy (non-hydrogen) atoms. The van der Waals surface area contributed by atoms with Gasteiger partial charge in [0.2, 0.25) is 5.91 Å². The van der Waals surface area contributed by atoms with Gasteiger partial charge in [-0.2, -0.15) is 0 Å². The van der Waals surface area contributed by atoms with Crippen molar-refractivity contribution in [3.05, 3.63) is 107 Å². The van der Waals surface area contributed by atoms with E-state index in [2.05, 4.69) is 10.6 Å². The average Bonchev–Trinajstić information content (AvgIpc) is 2.83. The van der Waals surface area contributed by atoms with Gasteiger partial charge in [-0.05, 0) is 41.8 Å². The number of methoxy groups -OCH3 is 1. The normalized spacial score (nSPS) is 11.3. The lowest BCUT2D eigenvalue weighted by atomic mass is 10.0. The minimum Gasteiger partial charge on any atom is -0.465 e. The summed E-state index contributed by atoms with van der Waals surface area (Å²) in [5.74, 6) is -0.996. The second kappa shape index (κ2) is 10.7. The maximum atomic E-state index is 12.9. The van der Waals surface area contributed by atoms with Crippen molar-refractivity contribution in [1.29, 1.82) is 0 Å². The molecular formula is C25H24N2O4. The summed E-state index contributed by atoms with van der Waals surface area (Å²) < 4.78 is 4.69. The van der Waals surface area contributed by atoms with E-state index >= 15 is 0 Å². The summed E-state index contributed by atoms with van der Waals surface area (Å²) in [5, 5.41) is 5.71. The standard InChI is InChI=1S/C25H24N2O4/c1-31-25(30)21-14-12-18(13-15-21)16-17-26-24(29)22(19-8-4-2-5-9-19)27-23(28)20-10-6-3-7-11-20/h2-15,22H,16-17H2,1H3,(H,26,29)(H,27,28). The van der Waals surface area contributed by atoms with Crippen LogP contribution in [-0.2, 0) is 16.0 Å². The zero-order chi connectivity index (χ0) is 22.1. The lowest BCUT2D eigenvalue weighted by Gasteiger charge is -2.19. The fourth-order valence-electron chi connectivity index (χ4n) is 3.11. The molecule has 0 bridgehead atoms. The molecule has 0 aromatic heterocycles. The number of nitrogens with one attached hydrogen (secondary N) is 2. The Bertz CT molecular complexity index is 1020. The quantitative estimate of drug-likeness (QED) is 0.552. The number of ether oxygens (including phenoxy) is 1. The maximum absolute atomic E-state index is 12.9. The fourth-order valence-corrected chi connectivity index (χ4v) is 3.11. The van der Waals surface area contributed by atoms with Crippen LogP contribution in [0.25, 0.3) is 0 Å². The first-order valence-electron chi connectivity index (χ1n) is 9.94. The number of rotatable bonds is 8. The summed E-state index contributed by atoms with van der Waals surface area (Å²) in [6, 6.07) is 24.1. The second-order valence-electron chi connectivity index (χ2n) is 6.91. The molecule has 158 valence electrons. The van der Waals surface area contributed by atoms with Crippen molar-refractivity contribution >= 4 is 17.8 Å². The molecule has 6 nitrogen and oxygen atoms in total. The van der Waals surface area contributed by atoms with E-state index in [-0.39, 0.29) is 17.8 Å². The Labute approximate surface area is 181 Å². The summed E-state index contributed by atoms with van der Waals surface area (Å²) in [4.78, 5) is 37.0. The summed E-state index contributed by atoms with van der Waals surface area (Å²) in [7, 11) is 1.34. The number of benzene rings is 3. The molecule has 6 heteroatoms. The highest BCUT2D eigenvalue weighted by atomic mass is 16.5. The zero-order valence-electron chi connectivity index (χ0n) is 17.2. The van der Waals surface area contributed by atoms with Gasteiger partial charge < -0.3 is 15.4 Å². The van der Waals surface area contributed by atoms with Gasteiger partial charge in [0.15, 0.2) is 0 Å². The lowest BCUT2D eigenvalue weighted by molar-refractivity contribution is -0.123. The van der Waals surface area contributed by atoms with Gasteiger partial charge in [0.25, 0.3) is 5.91 Å². The van der Waals surface area contributed by atoms with E-state index in [9.17, 15) is 14.4 Å². The van der Waals surface area contributed by atoms with E-state index in [1.54, 1.807) is 48.5 Å². The van der Waals surface area contributed by atoms with Crippen LogP contribution in [0.3, 0.4) is 0 Å². The van der Waals surface area contributed by atoms with Crippen molar-refractivity contribution in [1.82, 2.24) is 10.6 Å². The van der Waals surface area contributed by atoms with Crippen LogP contribution in [0.5, 0.6) is 0 Å². The van der Waals surface area contributed by atoms with Gasteiger partial charge in [0, 0.05) is 12.1 Å². The summed E-state index contributed by atoms with van der Waals surface area (Å²) in [6.07, 6.45) is 0.585. The molecule has 0 aliphatic rings. The van der Waals surface area contributed by atoms with E-state index in [0.29, 0.717) is 29.7 Å². The summed E-state index contributed by atoms with van der Waals surface area (Å²) >= 11 is 0. The molecule has 0 aliphatic heterocycles. The molecule has 1 atom stereocenters. The predicted molar refractivity (Wildman–Crippen MR) is 118 cm³/mol. The first kappa shape index (κ1) is 21.8. The first-order valence-corrected chi connectivity index (χ1v) is 9.94. The van der Waals surface area contributed by atoms with E-state index in [4.69, 9.17) is 4.74 Å². The van der Waals surface area contributed by atoms with Crippen molar-refractivity contribution in [2.24, 2.45) is 0 Å². The number of hydrogen-bond acceptors (Lipinski definition) is 4. The Morgan fingerprint density at radius 3 is 2.03 bits per heavy atom. The van der Waals surface area contributed by atoms with Crippen molar-refractivity contribution in [3.8, 4) is 0 Å². The SMILES string of the molecule is COC(=O)c1ccc(CCNC(=O)C(NC(=O)c2ccccc2)c2ccccc2)cc1. The molecule has 3 aromatic carbocycles. The maximum Gasteiger partial charge on any atom is 0.337 e. The fraction of sp³-hybridized carbons (Fsp3) is 0.160. The predicted octanol–water partition coefficient (Wildman–Crippen LogP) is 3.30. The Morgan fingerprint density at radius 2 is 1.42 bits per heavy atom. The van der Waals surface area contributed by atoms with Crippen LogP contribution in [0, 0.1) is 0 Å². The topological polar surface area (TPSA) is 84.5 Å². The summed E-state index contributed by atoms with van der Waals surface area (Å²) in [6.45, 7) is 0.390. The molecule has 0 saturated carbocycles.